The van der Waals surface area contributed by atoms with Gasteiger partial charge >= 0.3 is 30.2 Å². The summed E-state index contributed by atoms with van der Waals surface area (Å²) in [5.41, 5.74) is 12.3. The van der Waals surface area contributed by atoms with Gasteiger partial charge in [-0.25, -0.2) is 0 Å². The van der Waals surface area contributed by atoms with Gasteiger partial charge in [0.1, 0.15) is 0 Å². The van der Waals surface area contributed by atoms with E-state index in [0.717, 1.165) is 0 Å². The third-order valence-corrected chi connectivity index (χ3v) is 14.4. The number of halogens is 2. The predicted molar refractivity (Wildman–Crippen MR) is 288 cm³/mol. The molecule has 2 aliphatic rings. The summed E-state index contributed by atoms with van der Waals surface area (Å²) in [6, 6.07) is 41.6. The molecule has 0 heterocycles. The van der Waals surface area contributed by atoms with Gasteiger partial charge in [-0.15, -0.1) is 93.9 Å². The van der Waals surface area contributed by atoms with E-state index in [-0.39, 0.29) is 39.7 Å². The molecule has 0 N–H and O–H groups in total. The van der Waals surface area contributed by atoms with E-state index in [1.807, 2.05) is 0 Å². The topological polar surface area (TPSA) is 0 Å². The molecule has 64 heavy (non-hydrogen) atoms. The van der Waals surface area contributed by atoms with E-state index in [4.69, 9.17) is 0 Å². The number of hydrogen-bond acceptors (Lipinski definition) is 0. The maximum absolute atomic E-state index is 3.06. The van der Waals surface area contributed by atoms with E-state index >= 15 is 0 Å². The summed E-state index contributed by atoms with van der Waals surface area (Å²) in [7, 11) is 0. The Balaban J connectivity index is 0.000000400. The van der Waals surface area contributed by atoms with Crippen molar-refractivity contribution < 1.29 is 23.3 Å². The normalized spacial score (nSPS) is 16.0. The third kappa shape index (κ3) is 16.0. The molecule has 0 aliphatic heterocycles. The molecule has 2 aliphatic carbocycles. The second-order valence-corrected chi connectivity index (χ2v) is 19.2. The monoisotopic (exact) mass is 990 g/mol. The quantitative estimate of drug-likeness (QED) is 0.0948. The molecule has 2 saturated carbocycles. The Labute approximate surface area is 421 Å². The Morgan fingerprint density at radius 2 is 0.781 bits per heavy atom. The summed E-state index contributed by atoms with van der Waals surface area (Å²) < 4.78 is 0. The van der Waals surface area contributed by atoms with Crippen LogP contribution >= 0.6 is 24.8 Å². The van der Waals surface area contributed by atoms with E-state index in [1.165, 1.54) is 220 Å². The van der Waals surface area contributed by atoms with Gasteiger partial charge in [0, 0.05) is 0 Å². The Kier molecular flexibility index (Phi) is 26.7. The van der Waals surface area contributed by atoms with Crippen LogP contribution in [0.5, 0.6) is 0 Å². The Morgan fingerprint density at radius 1 is 0.469 bits per heavy atom. The van der Waals surface area contributed by atoms with Gasteiger partial charge in [-0.05, 0) is 87.2 Å². The molecule has 348 valence electrons. The molecular weight excluding hydrogens is 911 g/mol. The van der Waals surface area contributed by atoms with E-state index in [9.17, 15) is 0 Å². The fourth-order valence-corrected chi connectivity index (χ4v) is 11.4. The Bertz CT molecular complexity index is 2000. The van der Waals surface area contributed by atoms with E-state index in [0.29, 0.717) is 10.8 Å². The fraction of sp³-hybridized carbons (Fsp3) is 0.467. The van der Waals surface area contributed by atoms with Gasteiger partial charge in [0.15, 0.2) is 0 Å². The SMILES string of the molecule is CCCC1(Cc2cc3c(-c4ccc(C)cc4)cccc3[cH-]2)CCCCCCCC1.CCCC1(Cc2cc3c(-c4ccc(C)cc4)cccc3[cH-]2)CCCCCCCC1.Cl.Cl.[CH3-].[CH3-].[Si]=[Zr]. The van der Waals surface area contributed by atoms with Crippen molar-refractivity contribution in [1.29, 1.82) is 0 Å². The van der Waals surface area contributed by atoms with Crippen LogP contribution in [0.3, 0.4) is 0 Å². The minimum atomic E-state index is 0. The molecule has 2 fully saturated rings. The second kappa shape index (κ2) is 29.5. The molecule has 0 amide bonds. The zero-order valence-corrected chi connectivity index (χ0v) is 45.9. The maximum atomic E-state index is 3.06. The van der Waals surface area contributed by atoms with Crippen molar-refractivity contribution in [1.82, 2.24) is 0 Å². The molecule has 6 aromatic carbocycles. The summed E-state index contributed by atoms with van der Waals surface area (Å²) in [5, 5.41) is 5.68. The van der Waals surface area contributed by atoms with E-state index < -0.39 is 0 Å². The first-order valence-electron chi connectivity index (χ1n) is 24.1. The predicted octanol–water partition coefficient (Wildman–Crippen LogP) is 19.4. The molecule has 8 rings (SSSR count). The zero-order chi connectivity index (χ0) is 42.2. The molecule has 0 saturated heterocycles. The van der Waals surface area contributed by atoms with Gasteiger partial charge < -0.3 is 14.9 Å². The summed E-state index contributed by atoms with van der Waals surface area (Å²) >= 11 is 1.36. The van der Waals surface area contributed by atoms with Gasteiger partial charge in [-0.1, -0.05) is 187 Å². The molecule has 0 spiro atoms. The van der Waals surface area contributed by atoms with Gasteiger partial charge in [-0.3, -0.25) is 0 Å². The van der Waals surface area contributed by atoms with Crippen LogP contribution in [0.1, 0.15) is 165 Å². The van der Waals surface area contributed by atoms with Crippen LogP contribution in [-0.2, 0) is 36.2 Å². The molecule has 0 bridgehead atoms. The summed E-state index contributed by atoms with van der Waals surface area (Å²) in [6.45, 7) is 12.1. The number of rotatable bonds is 10. The first-order valence-corrected chi connectivity index (χ1v) is 28.3. The second-order valence-electron chi connectivity index (χ2n) is 19.2. The van der Waals surface area contributed by atoms with Gasteiger partial charge in [0.05, 0.1) is 0 Å². The van der Waals surface area contributed by atoms with Crippen molar-refractivity contribution >= 4 is 53.2 Å². The van der Waals surface area contributed by atoms with Crippen molar-refractivity contribution in [2.75, 3.05) is 0 Å². The van der Waals surface area contributed by atoms with Crippen molar-refractivity contribution in [2.24, 2.45) is 10.8 Å². The number of benzene rings is 4. The van der Waals surface area contributed by atoms with Crippen LogP contribution in [0.25, 0.3) is 43.8 Å². The standard InChI is InChI=1S/2C29H37.2CH3.2ClH.Si.Zr/c2*1-3-17-29(18-8-6-4-5-7-9-19-29)22-24-20-26-11-10-12-27(28(26)21-24)25-15-13-23(2)14-16-25;;;;;;/h2*10-16,20-21H,3-9,17-19,22H2,1-2H3;2*1H3;2*1H;;/q4*-1;;;;. The minimum absolute atomic E-state index is 0. The third-order valence-electron chi connectivity index (χ3n) is 14.4. The molecular formula is C60H82Cl2SiZr-4. The summed E-state index contributed by atoms with van der Waals surface area (Å²) in [5.74, 6) is 0. The summed E-state index contributed by atoms with van der Waals surface area (Å²) in [6.07, 6.45) is 30.9. The van der Waals surface area contributed by atoms with Crippen LogP contribution < -0.4 is 0 Å². The van der Waals surface area contributed by atoms with Gasteiger partial charge in [0.2, 0.25) is 0 Å². The molecule has 4 heteroatoms. The zero-order valence-electron chi connectivity index (χ0n) is 40.8. The molecule has 0 nitrogen and oxygen atoms in total. The number of fused-ring (bicyclic) bond motifs is 2. The molecule has 6 aromatic rings. The molecule has 2 radical (unpaired) electrons. The molecule has 0 atom stereocenters. The number of hydrogen-bond donors (Lipinski definition) is 0. The van der Waals surface area contributed by atoms with Crippen LogP contribution in [0.4, 0.5) is 0 Å². The van der Waals surface area contributed by atoms with Crippen molar-refractivity contribution in [3.8, 4) is 22.3 Å². The first-order chi connectivity index (χ1) is 29.4. The van der Waals surface area contributed by atoms with Gasteiger partial charge in [-0.2, -0.15) is 12.1 Å². The average molecular weight is 994 g/mol. The molecule has 0 aromatic heterocycles. The van der Waals surface area contributed by atoms with Crippen LogP contribution in [0.15, 0.2) is 109 Å². The average Bonchev–Trinajstić information content (AvgIpc) is 3.92. The van der Waals surface area contributed by atoms with Crippen LogP contribution in [0.2, 0.25) is 0 Å². The Morgan fingerprint density at radius 3 is 1.09 bits per heavy atom. The van der Waals surface area contributed by atoms with Gasteiger partial charge in [0.25, 0.3) is 0 Å². The van der Waals surface area contributed by atoms with Crippen LogP contribution in [-0.4, -0.2) is 6.88 Å². The van der Waals surface area contributed by atoms with E-state index in [1.54, 1.807) is 11.1 Å². The first kappa shape index (κ1) is 57.9. The Hall–Kier alpha value is -2.22. The summed E-state index contributed by atoms with van der Waals surface area (Å²) in [4.78, 5) is 0. The fourth-order valence-electron chi connectivity index (χ4n) is 11.4. The number of aryl methyl sites for hydroxylation is 2. The molecule has 0 unspecified atom stereocenters. The van der Waals surface area contributed by atoms with Crippen molar-refractivity contribution in [2.45, 2.75) is 169 Å². The van der Waals surface area contributed by atoms with Crippen LogP contribution in [0, 0.1) is 39.5 Å². The van der Waals surface area contributed by atoms with Crippen molar-refractivity contribution in [3.63, 3.8) is 0 Å². The van der Waals surface area contributed by atoms with Crippen molar-refractivity contribution in [3.05, 3.63) is 146 Å². The van der Waals surface area contributed by atoms with E-state index in [2.05, 4.69) is 144 Å².